The molecular weight excluding hydrogens is 357 g/mol. The van der Waals surface area contributed by atoms with Gasteiger partial charge in [0.1, 0.15) is 6.10 Å². The molecular formula is C17H32N3O5P. The van der Waals surface area contributed by atoms with Crippen molar-refractivity contribution < 1.29 is 23.5 Å². The molecule has 0 aromatic heterocycles. The molecule has 9 heteroatoms. The summed E-state index contributed by atoms with van der Waals surface area (Å²) in [7, 11) is 0.0511. The summed E-state index contributed by atoms with van der Waals surface area (Å²) in [4.78, 5) is 12.9. The van der Waals surface area contributed by atoms with Crippen LogP contribution in [-0.2, 0) is 23.5 Å². The zero-order chi connectivity index (χ0) is 19.9. The number of nitriles is 1. The second-order valence-corrected chi connectivity index (χ2v) is 8.47. The van der Waals surface area contributed by atoms with E-state index >= 15 is 0 Å². The Hall–Kier alpha value is -0.810. The predicted molar refractivity (Wildman–Crippen MR) is 98.7 cm³/mol. The van der Waals surface area contributed by atoms with Crippen molar-refractivity contribution in [2.24, 2.45) is 5.92 Å². The Morgan fingerprint density at radius 2 is 1.85 bits per heavy atom. The molecule has 0 spiro atoms. The van der Waals surface area contributed by atoms with Gasteiger partial charge in [-0.15, -0.1) is 0 Å². The van der Waals surface area contributed by atoms with Gasteiger partial charge in [0.25, 0.3) is 12.4 Å². The largest absolute Gasteiger partial charge is 0.333 e. The van der Waals surface area contributed by atoms with Crippen molar-refractivity contribution in [2.75, 3.05) is 13.7 Å². The van der Waals surface area contributed by atoms with Crippen molar-refractivity contribution in [3.8, 4) is 6.07 Å². The van der Waals surface area contributed by atoms with Gasteiger partial charge in [-0.3, -0.25) is 9.88 Å². The molecule has 0 aliphatic carbocycles. The smallest absolute Gasteiger partial charge is 0.272 e. The lowest BCUT2D eigenvalue weighted by atomic mass is 10.0. The van der Waals surface area contributed by atoms with Crippen LogP contribution in [0.3, 0.4) is 0 Å². The van der Waals surface area contributed by atoms with E-state index in [0.717, 1.165) is 0 Å². The Kier molecular flexibility index (Phi) is 9.94. The van der Waals surface area contributed by atoms with Crippen LogP contribution < -0.4 is 5.09 Å². The first kappa shape index (κ1) is 23.2. The minimum absolute atomic E-state index is 0.0861. The van der Waals surface area contributed by atoms with Crippen LogP contribution in [0.5, 0.6) is 0 Å². The fourth-order valence-corrected chi connectivity index (χ4v) is 4.50. The zero-order valence-corrected chi connectivity index (χ0v) is 17.7. The summed E-state index contributed by atoms with van der Waals surface area (Å²) < 4.78 is 24.3. The second-order valence-electron chi connectivity index (χ2n) is 6.98. The van der Waals surface area contributed by atoms with E-state index in [9.17, 15) is 4.79 Å². The number of hydrogen-bond donors (Lipinski definition) is 1. The molecule has 1 aliphatic rings. The van der Waals surface area contributed by atoms with E-state index in [2.05, 4.69) is 15.8 Å². The number of nitrogens with one attached hydrogen (secondary N) is 1. The van der Waals surface area contributed by atoms with Gasteiger partial charge in [0.05, 0.1) is 19.1 Å². The van der Waals surface area contributed by atoms with Crippen LogP contribution >= 0.6 is 8.45 Å². The average molecular weight is 389 g/mol. The standard InChI is InChI=1S/C17H32N3O5P/c1-11(2)14-15(25-17(22-7)24-14)16(21)19-26(23-10-8-9-18)20(12(3)4)13(5)6/h11-15,17H,8,10H2,1-7H3,(H,19,21)/t14-,15+,17?,26?/m1/s1. The van der Waals surface area contributed by atoms with Crippen LogP contribution in [0.1, 0.15) is 48.0 Å². The first-order valence-corrected chi connectivity index (χ1v) is 10.2. The maximum atomic E-state index is 12.9. The topological polar surface area (TPSA) is 93.1 Å². The van der Waals surface area contributed by atoms with Gasteiger partial charge >= 0.3 is 0 Å². The van der Waals surface area contributed by atoms with Crippen LogP contribution in [0.4, 0.5) is 0 Å². The van der Waals surface area contributed by atoms with Crippen LogP contribution in [-0.4, -0.2) is 55.1 Å². The summed E-state index contributed by atoms with van der Waals surface area (Å²) in [5, 5.41) is 11.7. The quantitative estimate of drug-likeness (QED) is 0.454. The van der Waals surface area contributed by atoms with Gasteiger partial charge in [-0.2, -0.15) is 5.26 Å². The Morgan fingerprint density at radius 3 is 2.31 bits per heavy atom. The third-order valence-electron chi connectivity index (χ3n) is 3.83. The highest BCUT2D eigenvalue weighted by Crippen LogP contribution is 2.41. The van der Waals surface area contributed by atoms with Crippen molar-refractivity contribution in [1.29, 1.82) is 5.26 Å². The SMILES string of the molecule is COC1O[C@H](C(=O)NP(OCCC#N)N(C(C)C)C(C)C)[C@@H](C(C)C)O1. The fraction of sp³-hybridized carbons (Fsp3) is 0.882. The molecule has 1 amide bonds. The molecule has 0 aromatic rings. The summed E-state index contributed by atoms with van der Waals surface area (Å²) in [6.07, 6.45) is -0.907. The van der Waals surface area contributed by atoms with E-state index in [1.165, 1.54) is 7.11 Å². The average Bonchev–Trinajstić information content (AvgIpc) is 2.99. The minimum atomic E-state index is -1.42. The van der Waals surface area contributed by atoms with Crippen molar-refractivity contribution in [3.05, 3.63) is 0 Å². The lowest BCUT2D eigenvalue weighted by molar-refractivity contribution is -0.230. The van der Waals surface area contributed by atoms with Gasteiger partial charge in [0.2, 0.25) is 8.45 Å². The number of hydrogen-bond acceptors (Lipinski definition) is 7. The molecule has 4 atom stereocenters. The third kappa shape index (κ3) is 6.41. The van der Waals surface area contributed by atoms with Crippen LogP contribution in [0.25, 0.3) is 0 Å². The van der Waals surface area contributed by atoms with E-state index in [-0.39, 0.29) is 36.9 Å². The molecule has 26 heavy (non-hydrogen) atoms. The number of nitrogens with zero attached hydrogens (tertiary/aromatic N) is 2. The zero-order valence-electron chi connectivity index (χ0n) is 16.8. The summed E-state index contributed by atoms with van der Waals surface area (Å²) in [5.41, 5.74) is 0. The molecule has 1 heterocycles. The Morgan fingerprint density at radius 1 is 1.23 bits per heavy atom. The minimum Gasteiger partial charge on any atom is -0.333 e. The predicted octanol–water partition coefficient (Wildman–Crippen LogP) is 2.75. The molecule has 1 fully saturated rings. The molecule has 1 saturated heterocycles. The number of rotatable bonds is 10. The van der Waals surface area contributed by atoms with Crippen molar-refractivity contribution in [3.63, 3.8) is 0 Å². The van der Waals surface area contributed by atoms with E-state index in [1.54, 1.807) is 0 Å². The van der Waals surface area contributed by atoms with Gasteiger partial charge in [0, 0.05) is 19.2 Å². The van der Waals surface area contributed by atoms with Crippen molar-refractivity contribution in [1.82, 2.24) is 9.76 Å². The lowest BCUT2D eigenvalue weighted by Gasteiger charge is -2.37. The molecule has 2 unspecified atom stereocenters. The molecule has 150 valence electrons. The molecule has 0 aromatic carbocycles. The first-order valence-electron chi connectivity index (χ1n) is 8.95. The molecule has 0 saturated carbocycles. The number of amides is 1. The number of carbonyl (C=O) groups is 1. The highest BCUT2D eigenvalue weighted by atomic mass is 31.2. The molecule has 8 nitrogen and oxygen atoms in total. The first-order chi connectivity index (χ1) is 12.2. The van der Waals surface area contributed by atoms with Crippen molar-refractivity contribution >= 4 is 14.4 Å². The Balaban J connectivity index is 2.90. The Bertz CT molecular complexity index is 476. The number of methoxy groups -OCH3 is 1. The van der Waals surface area contributed by atoms with Gasteiger partial charge in [-0.1, -0.05) is 13.8 Å². The summed E-state index contributed by atoms with van der Waals surface area (Å²) in [5.74, 6) is -0.208. The fourth-order valence-electron chi connectivity index (χ4n) is 2.77. The normalized spacial score (nSPS) is 24.5. The summed E-state index contributed by atoms with van der Waals surface area (Å²) in [6, 6.07) is 2.38. The summed E-state index contributed by atoms with van der Waals surface area (Å²) >= 11 is 0. The van der Waals surface area contributed by atoms with E-state index in [0.29, 0.717) is 0 Å². The van der Waals surface area contributed by atoms with E-state index in [4.69, 9.17) is 24.0 Å². The maximum absolute atomic E-state index is 12.9. The second kappa shape index (κ2) is 11.1. The highest BCUT2D eigenvalue weighted by Gasteiger charge is 2.44. The molecule has 0 bridgehead atoms. The van der Waals surface area contributed by atoms with Crippen LogP contribution in [0.2, 0.25) is 0 Å². The molecule has 1 rings (SSSR count). The summed E-state index contributed by atoms with van der Waals surface area (Å²) in [6.45, 7) is 11.5. The maximum Gasteiger partial charge on any atom is 0.272 e. The Labute approximate surface area is 158 Å². The molecule has 1 N–H and O–H groups in total. The number of ether oxygens (including phenoxy) is 3. The van der Waals surface area contributed by atoms with E-state index in [1.807, 2.05) is 41.5 Å². The molecule has 0 radical (unpaired) electrons. The van der Waals surface area contributed by atoms with Gasteiger partial charge in [0.15, 0.2) is 6.10 Å². The van der Waals surface area contributed by atoms with Crippen LogP contribution in [0, 0.1) is 17.2 Å². The number of carbonyl (C=O) groups excluding carboxylic acids is 1. The highest BCUT2D eigenvalue weighted by molar-refractivity contribution is 7.48. The van der Waals surface area contributed by atoms with Gasteiger partial charge < -0.3 is 18.7 Å². The van der Waals surface area contributed by atoms with Gasteiger partial charge in [-0.25, -0.2) is 4.67 Å². The van der Waals surface area contributed by atoms with Crippen molar-refractivity contribution in [2.45, 2.75) is 78.7 Å². The molecule has 1 aliphatic heterocycles. The van der Waals surface area contributed by atoms with Crippen LogP contribution in [0.15, 0.2) is 0 Å². The lowest BCUT2D eigenvalue weighted by Crippen LogP contribution is -2.45. The monoisotopic (exact) mass is 389 g/mol. The van der Waals surface area contributed by atoms with E-state index < -0.39 is 27.1 Å². The van der Waals surface area contributed by atoms with Gasteiger partial charge in [-0.05, 0) is 33.6 Å². The third-order valence-corrected chi connectivity index (χ3v) is 6.02.